The number of benzene rings is 1. The predicted molar refractivity (Wildman–Crippen MR) is 69.8 cm³/mol. The number of nitrogens with zero attached hydrogens (tertiary/aromatic N) is 1. The van der Waals surface area contributed by atoms with Crippen LogP contribution in [0.1, 0.15) is 13.8 Å². The molecule has 0 aliphatic rings. The molecule has 0 aliphatic heterocycles. The van der Waals surface area contributed by atoms with Crippen LogP contribution >= 0.6 is 0 Å². The van der Waals surface area contributed by atoms with Crippen LogP contribution in [0.4, 0.5) is 10.1 Å². The van der Waals surface area contributed by atoms with Crippen LogP contribution in [0.15, 0.2) is 24.3 Å². The molecule has 0 spiro atoms. The summed E-state index contributed by atoms with van der Waals surface area (Å²) in [5, 5.41) is 0. The summed E-state index contributed by atoms with van der Waals surface area (Å²) in [5.41, 5.74) is -0.175. The van der Waals surface area contributed by atoms with Crippen molar-refractivity contribution in [1.82, 2.24) is 0 Å². The van der Waals surface area contributed by atoms with Gasteiger partial charge < -0.3 is 4.74 Å². The number of sulfonamides is 1. The van der Waals surface area contributed by atoms with Gasteiger partial charge in [0, 0.05) is 0 Å². The van der Waals surface area contributed by atoms with Crippen molar-refractivity contribution in [3.8, 4) is 0 Å². The van der Waals surface area contributed by atoms with Gasteiger partial charge in [-0.2, -0.15) is 0 Å². The van der Waals surface area contributed by atoms with Gasteiger partial charge in [0.25, 0.3) is 0 Å². The van der Waals surface area contributed by atoms with E-state index >= 15 is 0 Å². The lowest BCUT2D eigenvalue weighted by molar-refractivity contribution is -0.145. The predicted octanol–water partition coefficient (Wildman–Crippen LogP) is 1.54. The van der Waals surface area contributed by atoms with Gasteiger partial charge in [-0.05, 0) is 26.0 Å². The lowest BCUT2D eigenvalue weighted by Crippen LogP contribution is -2.37. The summed E-state index contributed by atoms with van der Waals surface area (Å²) in [6, 6.07) is 5.34. The Morgan fingerprint density at radius 2 is 1.95 bits per heavy atom. The number of hydrogen-bond acceptors (Lipinski definition) is 4. The molecule has 0 aromatic heterocycles. The first-order valence-electron chi connectivity index (χ1n) is 5.63. The van der Waals surface area contributed by atoms with Crippen LogP contribution in [0.3, 0.4) is 0 Å². The van der Waals surface area contributed by atoms with E-state index in [9.17, 15) is 17.6 Å². The minimum atomic E-state index is -3.78. The summed E-state index contributed by atoms with van der Waals surface area (Å²) < 4.78 is 42.5. The molecule has 0 saturated carbocycles. The van der Waals surface area contributed by atoms with E-state index in [2.05, 4.69) is 0 Å². The third kappa shape index (κ3) is 4.51. The number of carbonyl (C=O) groups excluding carboxylic acids is 1. The van der Waals surface area contributed by atoms with Crippen LogP contribution in [0.25, 0.3) is 0 Å². The smallest absolute Gasteiger partial charge is 0.327 e. The van der Waals surface area contributed by atoms with Crippen molar-refractivity contribution in [3.63, 3.8) is 0 Å². The van der Waals surface area contributed by atoms with E-state index in [1.165, 1.54) is 18.2 Å². The van der Waals surface area contributed by atoms with E-state index in [0.29, 0.717) is 4.31 Å². The van der Waals surface area contributed by atoms with Crippen molar-refractivity contribution >= 4 is 21.7 Å². The van der Waals surface area contributed by atoms with Crippen molar-refractivity contribution < 1.29 is 22.3 Å². The molecular weight excluding hydrogens is 273 g/mol. The molecule has 0 heterocycles. The molecule has 0 atom stereocenters. The third-order valence-electron chi connectivity index (χ3n) is 2.16. The number of ether oxygens (including phenoxy) is 1. The normalized spacial score (nSPS) is 11.4. The first-order chi connectivity index (χ1) is 8.71. The number of rotatable bonds is 5. The third-order valence-corrected chi connectivity index (χ3v) is 3.29. The number of carbonyl (C=O) groups is 1. The summed E-state index contributed by atoms with van der Waals surface area (Å²) in [7, 11) is -3.78. The fourth-order valence-corrected chi connectivity index (χ4v) is 2.30. The zero-order valence-corrected chi connectivity index (χ0v) is 11.8. The zero-order chi connectivity index (χ0) is 14.6. The topological polar surface area (TPSA) is 63.7 Å². The molecular formula is C12H16FNO4S. The summed E-state index contributed by atoms with van der Waals surface area (Å²) in [4.78, 5) is 11.5. The average molecular weight is 289 g/mol. The first kappa shape index (κ1) is 15.4. The molecule has 106 valence electrons. The van der Waals surface area contributed by atoms with Crippen molar-refractivity contribution in [2.24, 2.45) is 0 Å². The second-order valence-electron chi connectivity index (χ2n) is 4.26. The molecule has 0 fully saturated rings. The van der Waals surface area contributed by atoms with Gasteiger partial charge in [-0.25, -0.2) is 12.8 Å². The Morgan fingerprint density at radius 1 is 1.37 bits per heavy atom. The SMILES string of the molecule is CC(C)OC(=O)CN(c1ccccc1F)S(C)(=O)=O. The lowest BCUT2D eigenvalue weighted by atomic mass is 10.3. The highest BCUT2D eigenvalue weighted by Crippen LogP contribution is 2.21. The van der Waals surface area contributed by atoms with Crippen LogP contribution in [-0.4, -0.2) is 33.3 Å². The highest BCUT2D eigenvalue weighted by molar-refractivity contribution is 7.92. The number of halogens is 1. The molecule has 0 radical (unpaired) electrons. The van der Waals surface area contributed by atoms with E-state index in [1.807, 2.05) is 0 Å². The van der Waals surface area contributed by atoms with Gasteiger partial charge in [0.1, 0.15) is 12.4 Å². The molecule has 0 unspecified atom stereocenters. The second kappa shape index (κ2) is 6.01. The van der Waals surface area contributed by atoms with Crippen molar-refractivity contribution in [3.05, 3.63) is 30.1 Å². The number of anilines is 1. The van der Waals surface area contributed by atoms with Crippen LogP contribution in [0.5, 0.6) is 0 Å². The molecule has 7 heteroatoms. The van der Waals surface area contributed by atoms with Crippen molar-refractivity contribution in [2.45, 2.75) is 20.0 Å². The Hall–Kier alpha value is -1.63. The standard InChI is InChI=1S/C12H16FNO4S/c1-9(2)18-12(15)8-14(19(3,16)17)11-7-5-4-6-10(11)13/h4-7,9H,8H2,1-3H3. The maximum absolute atomic E-state index is 13.6. The fraction of sp³-hybridized carbons (Fsp3) is 0.417. The monoisotopic (exact) mass is 289 g/mol. The molecule has 5 nitrogen and oxygen atoms in total. The largest absolute Gasteiger partial charge is 0.462 e. The molecule has 1 aromatic carbocycles. The highest BCUT2D eigenvalue weighted by atomic mass is 32.2. The summed E-state index contributed by atoms with van der Waals surface area (Å²) in [6.07, 6.45) is 0.539. The summed E-state index contributed by atoms with van der Waals surface area (Å²) in [5.74, 6) is -1.45. The van der Waals surface area contributed by atoms with Crippen LogP contribution in [0, 0.1) is 5.82 Å². The maximum Gasteiger partial charge on any atom is 0.327 e. The summed E-state index contributed by atoms with van der Waals surface area (Å²) in [6.45, 7) is 2.73. The minimum absolute atomic E-state index is 0.175. The molecule has 0 N–H and O–H groups in total. The van der Waals surface area contributed by atoms with Gasteiger partial charge in [0.05, 0.1) is 18.0 Å². The Balaban J connectivity index is 3.05. The van der Waals surface area contributed by atoms with Gasteiger partial charge in [0.15, 0.2) is 0 Å². The molecule has 1 aromatic rings. The van der Waals surface area contributed by atoms with Crippen LogP contribution in [-0.2, 0) is 19.6 Å². The van der Waals surface area contributed by atoms with Gasteiger partial charge >= 0.3 is 5.97 Å². The van der Waals surface area contributed by atoms with E-state index in [-0.39, 0.29) is 11.8 Å². The molecule has 1 rings (SSSR count). The van der Waals surface area contributed by atoms with E-state index < -0.39 is 28.4 Å². The zero-order valence-electron chi connectivity index (χ0n) is 11.0. The van der Waals surface area contributed by atoms with E-state index in [4.69, 9.17) is 4.74 Å². The molecule has 0 amide bonds. The highest BCUT2D eigenvalue weighted by Gasteiger charge is 2.24. The Kier molecular flexibility index (Phi) is 4.88. The van der Waals surface area contributed by atoms with Crippen molar-refractivity contribution in [1.29, 1.82) is 0 Å². The second-order valence-corrected chi connectivity index (χ2v) is 6.17. The first-order valence-corrected chi connectivity index (χ1v) is 7.48. The van der Waals surface area contributed by atoms with Gasteiger partial charge in [-0.3, -0.25) is 9.10 Å². The lowest BCUT2D eigenvalue weighted by Gasteiger charge is -2.22. The van der Waals surface area contributed by atoms with Gasteiger partial charge in [-0.1, -0.05) is 12.1 Å². The van der Waals surface area contributed by atoms with Crippen LogP contribution < -0.4 is 4.31 Å². The minimum Gasteiger partial charge on any atom is -0.462 e. The molecule has 0 bridgehead atoms. The molecule has 19 heavy (non-hydrogen) atoms. The van der Waals surface area contributed by atoms with E-state index in [0.717, 1.165) is 12.3 Å². The van der Waals surface area contributed by atoms with Crippen LogP contribution in [0.2, 0.25) is 0 Å². The Labute approximate surface area is 112 Å². The number of para-hydroxylation sites is 1. The number of hydrogen-bond donors (Lipinski definition) is 0. The van der Waals surface area contributed by atoms with Gasteiger partial charge in [0.2, 0.25) is 10.0 Å². The van der Waals surface area contributed by atoms with Crippen molar-refractivity contribution in [2.75, 3.05) is 17.1 Å². The average Bonchev–Trinajstić information content (AvgIpc) is 2.24. The molecule has 0 aliphatic carbocycles. The van der Waals surface area contributed by atoms with Gasteiger partial charge in [-0.15, -0.1) is 0 Å². The Bertz CT molecular complexity index is 557. The maximum atomic E-state index is 13.6. The number of esters is 1. The van der Waals surface area contributed by atoms with E-state index in [1.54, 1.807) is 13.8 Å². The fourth-order valence-electron chi connectivity index (χ4n) is 1.45. The Morgan fingerprint density at radius 3 is 2.42 bits per heavy atom. The molecule has 0 saturated heterocycles. The quantitative estimate of drug-likeness (QED) is 0.771. The summed E-state index contributed by atoms with van der Waals surface area (Å²) >= 11 is 0.